The molecule has 8 heteroatoms. The van der Waals surface area contributed by atoms with Crippen molar-refractivity contribution in [3.63, 3.8) is 0 Å². The highest BCUT2D eigenvalue weighted by molar-refractivity contribution is 6.01. The summed E-state index contributed by atoms with van der Waals surface area (Å²) >= 11 is 0. The number of esters is 1. The van der Waals surface area contributed by atoms with Crippen LogP contribution in [-0.2, 0) is 4.74 Å². The predicted molar refractivity (Wildman–Crippen MR) is 81.8 cm³/mol. The molecule has 0 atom stereocenters. The van der Waals surface area contributed by atoms with Gasteiger partial charge in [0, 0.05) is 17.5 Å². The zero-order chi connectivity index (χ0) is 17.4. The molecule has 0 radical (unpaired) electrons. The minimum absolute atomic E-state index is 0.0643. The summed E-state index contributed by atoms with van der Waals surface area (Å²) in [5.74, 6) is -0.791. The number of hydrogen-bond donors (Lipinski definition) is 1. The molecular formula is C15H16N2O6. The third-order valence-corrected chi connectivity index (χ3v) is 3.04. The third kappa shape index (κ3) is 3.47. The molecule has 0 bridgehead atoms. The van der Waals surface area contributed by atoms with Crippen molar-refractivity contribution in [2.45, 2.75) is 20.8 Å². The molecule has 1 aromatic carbocycles. The average molecular weight is 320 g/mol. The molecule has 0 saturated carbocycles. The van der Waals surface area contributed by atoms with E-state index in [9.17, 15) is 24.8 Å². The van der Waals surface area contributed by atoms with Gasteiger partial charge in [0.05, 0.1) is 17.0 Å². The van der Waals surface area contributed by atoms with E-state index in [0.717, 1.165) is 6.07 Å². The fourth-order valence-electron chi connectivity index (χ4n) is 2.02. The van der Waals surface area contributed by atoms with Crippen LogP contribution in [0.1, 0.15) is 31.3 Å². The van der Waals surface area contributed by atoms with Gasteiger partial charge in [0.1, 0.15) is 5.69 Å². The van der Waals surface area contributed by atoms with Gasteiger partial charge in [-0.2, -0.15) is 0 Å². The van der Waals surface area contributed by atoms with Crippen molar-refractivity contribution < 1.29 is 24.4 Å². The number of non-ortho nitro benzene ring substituents is 1. The number of aromatic nitrogens is 1. The molecule has 0 aliphatic rings. The van der Waals surface area contributed by atoms with Gasteiger partial charge in [-0.3, -0.25) is 10.1 Å². The smallest absolute Gasteiger partial charge is 0.416 e. The Hall–Kier alpha value is -2.90. The number of carbonyl (C=O) groups excluding carboxylic acids is 1. The number of nitrogens with zero attached hydrogens (tertiary/aromatic N) is 2. The first-order valence-electron chi connectivity index (χ1n) is 6.80. The van der Waals surface area contributed by atoms with Gasteiger partial charge in [-0.15, -0.1) is 0 Å². The van der Waals surface area contributed by atoms with E-state index in [1.54, 1.807) is 0 Å². The highest BCUT2D eigenvalue weighted by Crippen LogP contribution is 2.25. The van der Waals surface area contributed by atoms with Crippen molar-refractivity contribution in [2.24, 2.45) is 5.41 Å². The zero-order valence-electron chi connectivity index (χ0n) is 12.9. The number of carbonyl (C=O) groups is 2. The fraction of sp³-hybridized carbons (Fsp3) is 0.333. The lowest BCUT2D eigenvalue weighted by Crippen LogP contribution is -2.22. The summed E-state index contributed by atoms with van der Waals surface area (Å²) in [6.07, 6.45) is -1.41. The van der Waals surface area contributed by atoms with Gasteiger partial charge in [0.15, 0.2) is 0 Å². The molecule has 1 heterocycles. The molecule has 1 N–H and O–H groups in total. The zero-order valence-corrected chi connectivity index (χ0v) is 12.9. The molecule has 0 unspecified atom stereocenters. The minimum atomic E-state index is -1.41. The third-order valence-electron chi connectivity index (χ3n) is 3.04. The van der Waals surface area contributed by atoms with Crippen LogP contribution in [0, 0.1) is 15.5 Å². The van der Waals surface area contributed by atoms with Crippen LogP contribution in [0.25, 0.3) is 10.9 Å². The summed E-state index contributed by atoms with van der Waals surface area (Å²) in [6.45, 7) is 5.73. The second-order valence-electron chi connectivity index (χ2n) is 6.28. The maximum absolute atomic E-state index is 12.2. The van der Waals surface area contributed by atoms with Crippen molar-refractivity contribution in [1.29, 1.82) is 0 Å². The predicted octanol–water partition coefficient (Wildman–Crippen LogP) is 3.28. The van der Waals surface area contributed by atoms with Crippen LogP contribution in [-0.4, -0.2) is 33.3 Å². The van der Waals surface area contributed by atoms with Gasteiger partial charge in [0.25, 0.3) is 5.69 Å². The summed E-state index contributed by atoms with van der Waals surface area (Å²) < 4.78 is 5.84. The molecule has 0 aliphatic heterocycles. The molecule has 0 amide bonds. The monoisotopic (exact) mass is 320 g/mol. The molecule has 0 saturated heterocycles. The van der Waals surface area contributed by atoms with Gasteiger partial charge < -0.3 is 9.84 Å². The molecule has 0 aliphatic carbocycles. The van der Waals surface area contributed by atoms with E-state index < -0.39 is 17.0 Å². The summed E-state index contributed by atoms with van der Waals surface area (Å²) in [7, 11) is 0. The Morgan fingerprint density at radius 2 is 1.96 bits per heavy atom. The molecule has 122 valence electrons. The lowest BCUT2D eigenvalue weighted by molar-refractivity contribution is -0.384. The van der Waals surface area contributed by atoms with Crippen molar-refractivity contribution >= 4 is 28.7 Å². The largest absolute Gasteiger partial charge is 0.464 e. The number of benzene rings is 1. The van der Waals surface area contributed by atoms with Crippen molar-refractivity contribution in [2.75, 3.05) is 6.61 Å². The molecule has 8 nitrogen and oxygen atoms in total. The van der Waals surface area contributed by atoms with Crippen LogP contribution in [0.2, 0.25) is 0 Å². The van der Waals surface area contributed by atoms with Gasteiger partial charge in [-0.05, 0) is 17.5 Å². The van der Waals surface area contributed by atoms with Crippen molar-refractivity contribution in [3.05, 3.63) is 40.1 Å². The summed E-state index contributed by atoms with van der Waals surface area (Å²) in [5.41, 5.74) is -0.645. The highest BCUT2D eigenvalue weighted by Gasteiger charge is 2.24. The van der Waals surface area contributed by atoms with E-state index in [1.165, 1.54) is 18.2 Å². The van der Waals surface area contributed by atoms with Gasteiger partial charge >= 0.3 is 12.1 Å². The number of carboxylic acid groups (broad SMARTS) is 1. The number of ether oxygens (including phenoxy) is 1. The molecule has 23 heavy (non-hydrogen) atoms. The number of rotatable bonds is 3. The molecule has 0 spiro atoms. The van der Waals surface area contributed by atoms with E-state index in [1.807, 2.05) is 20.8 Å². The Morgan fingerprint density at radius 1 is 1.30 bits per heavy atom. The number of hydrogen-bond acceptors (Lipinski definition) is 5. The van der Waals surface area contributed by atoms with Crippen molar-refractivity contribution in [3.8, 4) is 0 Å². The van der Waals surface area contributed by atoms with Crippen LogP contribution in [0.5, 0.6) is 0 Å². The lowest BCUT2D eigenvalue weighted by atomic mass is 9.99. The molecule has 1 aromatic heterocycles. The first kappa shape index (κ1) is 16.5. The lowest BCUT2D eigenvalue weighted by Gasteiger charge is -2.17. The Balaban J connectivity index is 2.51. The topological polar surface area (TPSA) is 112 Å². The van der Waals surface area contributed by atoms with Gasteiger partial charge in [0.2, 0.25) is 0 Å². The van der Waals surface area contributed by atoms with Gasteiger partial charge in [-0.25, -0.2) is 14.2 Å². The SMILES string of the molecule is CC(C)(C)COC(=O)c1cc2ccc([N+](=O)[O-])cc2n1C(=O)O. The van der Waals surface area contributed by atoms with E-state index in [4.69, 9.17) is 4.74 Å². The highest BCUT2D eigenvalue weighted by atomic mass is 16.6. The summed E-state index contributed by atoms with van der Waals surface area (Å²) in [5, 5.41) is 20.6. The standard InChI is InChI=1S/C15H16N2O6/c1-15(2,3)8-23-13(18)12-6-9-4-5-10(17(21)22)7-11(9)16(12)14(19)20/h4-7H,8H2,1-3H3,(H,19,20). The second kappa shape index (κ2) is 5.71. The molecule has 0 fully saturated rings. The Labute approximate surface area is 131 Å². The number of nitro groups is 1. The van der Waals surface area contributed by atoms with E-state index in [-0.39, 0.29) is 28.9 Å². The van der Waals surface area contributed by atoms with E-state index >= 15 is 0 Å². The van der Waals surface area contributed by atoms with Gasteiger partial charge in [-0.1, -0.05) is 20.8 Å². The Bertz CT molecular complexity index is 800. The van der Waals surface area contributed by atoms with Crippen molar-refractivity contribution in [1.82, 2.24) is 4.57 Å². The quantitative estimate of drug-likeness (QED) is 0.527. The number of fused-ring (bicyclic) bond motifs is 1. The van der Waals surface area contributed by atoms with Crippen LogP contribution in [0.15, 0.2) is 24.3 Å². The summed E-state index contributed by atoms with van der Waals surface area (Å²) in [6, 6.07) is 5.11. The average Bonchev–Trinajstić information content (AvgIpc) is 2.82. The molecule has 2 aromatic rings. The van der Waals surface area contributed by atoms with Crippen LogP contribution in [0.4, 0.5) is 10.5 Å². The fourth-order valence-corrected chi connectivity index (χ4v) is 2.02. The minimum Gasteiger partial charge on any atom is -0.464 e. The summed E-state index contributed by atoms with van der Waals surface area (Å²) in [4.78, 5) is 33.8. The maximum atomic E-state index is 12.2. The van der Waals surface area contributed by atoms with Crippen LogP contribution < -0.4 is 0 Å². The Morgan fingerprint density at radius 3 is 2.48 bits per heavy atom. The normalized spacial score (nSPS) is 11.4. The van der Waals surface area contributed by atoms with Crippen LogP contribution in [0.3, 0.4) is 0 Å². The molecular weight excluding hydrogens is 304 g/mol. The Kier molecular flexibility index (Phi) is 4.09. The first-order valence-corrected chi connectivity index (χ1v) is 6.80. The van der Waals surface area contributed by atoms with Crippen LogP contribution >= 0.6 is 0 Å². The first-order chi connectivity index (χ1) is 10.6. The van der Waals surface area contributed by atoms with E-state index in [0.29, 0.717) is 9.95 Å². The maximum Gasteiger partial charge on any atom is 0.416 e. The second-order valence-corrected chi connectivity index (χ2v) is 6.28. The number of nitro benzene ring substituents is 1. The molecule has 2 rings (SSSR count). The van der Waals surface area contributed by atoms with E-state index in [2.05, 4.69) is 0 Å².